The van der Waals surface area contributed by atoms with Crippen LogP contribution in [0.2, 0.25) is 15.1 Å². The summed E-state index contributed by atoms with van der Waals surface area (Å²) in [5, 5.41) is 7.72. The molecular formula is C18H19Cl4N3O. The molecule has 26 heavy (non-hydrogen) atoms. The van der Waals surface area contributed by atoms with Crippen LogP contribution < -0.4 is 10.6 Å². The number of para-hydroxylation sites is 1. The van der Waals surface area contributed by atoms with E-state index in [1.54, 1.807) is 18.2 Å². The van der Waals surface area contributed by atoms with Gasteiger partial charge in [-0.15, -0.1) is 12.4 Å². The molecule has 140 valence electrons. The molecule has 1 saturated heterocycles. The molecular weight excluding hydrogens is 416 g/mol. The first-order chi connectivity index (χ1) is 12.0. The van der Waals surface area contributed by atoms with Crippen molar-refractivity contribution >= 4 is 58.8 Å². The van der Waals surface area contributed by atoms with Gasteiger partial charge in [-0.1, -0.05) is 53.0 Å². The Morgan fingerprint density at radius 1 is 1.15 bits per heavy atom. The smallest absolute Gasteiger partial charge is 0.238 e. The standard InChI is InChI=1S/C18H18Cl3N3O.ClH/c19-13-4-1-3-12(9-13)16-10-22-7-8-24(16)11-17(25)23-18-14(20)5-2-6-15(18)21;/h1-6,9,16,22H,7-8,10-11H2,(H,23,25);1H. The number of carbonyl (C=O) groups is 1. The Labute approximate surface area is 174 Å². The molecule has 1 amide bonds. The molecule has 0 spiro atoms. The molecule has 1 atom stereocenters. The zero-order chi connectivity index (χ0) is 17.8. The van der Waals surface area contributed by atoms with Gasteiger partial charge in [-0.05, 0) is 29.8 Å². The summed E-state index contributed by atoms with van der Waals surface area (Å²) in [5.74, 6) is -0.149. The van der Waals surface area contributed by atoms with Gasteiger partial charge >= 0.3 is 0 Å². The minimum absolute atomic E-state index is 0. The average Bonchev–Trinajstić information content (AvgIpc) is 2.59. The summed E-state index contributed by atoms with van der Waals surface area (Å²) in [5.41, 5.74) is 1.54. The average molecular weight is 435 g/mol. The Bertz CT molecular complexity index is 752. The van der Waals surface area contributed by atoms with Crippen molar-refractivity contribution in [3.8, 4) is 0 Å². The summed E-state index contributed by atoms with van der Waals surface area (Å²) in [6, 6.07) is 13.0. The van der Waals surface area contributed by atoms with E-state index >= 15 is 0 Å². The maximum absolute atomic E-state index is 12.5. The van der Waals surface area contributed by atoms with Crippen molar-refractivity contribution in [2.75, 3.05) is 31.5 Å². The molecule has 0 aliphatic carbocycles. The fraction of sp³-hybridized carbons (Fsp3) is 0.278. The van der Waals surface area contributed by atoms with Gasteiger partial charge in [-0.2, -0.15) is 0 Å². The summed E-state index contributed by atoms with van der Waals surface area (Å²) < 4.78 is 0. The van der Waals surface area contributed by atoms with E-state index in [1.807, 2.05) is 24.3 Å². The topological polar surface area (TPSA) is 44.4 Å². The molecule has 3 rings (SSSR count). The quantitative estimate of drug-likeness (QED) is 0.735. The van der Waals surface area contributed by atoms with E-state index in [9.17, 15) is 4.79 Å². The van der Waals surface area contributed by atoms with Gasteiger partial charge in [0, 0.05) is 30.7 Å². The number of amides is 1. The Hall–Kier alpha value is -1.01. The SMILES string of the molecule is Cl.O=C(CN1CCNCC1c1cccc(Cl)c1)Nc1c(Cl)cccc1Cl. The third-order valence-electron chi connectivity index (χ3n) is 4.16. The van der Waals surface area contributed by atoms with Crippen LogP contribution in [-0.4, -0.2) is 37.0 Å². The van der Waals surface area contributed by atoms with E-state index in [2.05, 4.69) is 15.5 Å². The van der Waals surface area contributed by atoms with E-state index in [-0.39, 0.29) is 30.9 Å². The largest absolute Gasteiger partial charge is 0.322 e. The first-order valence-corrected chi connectivity index (χ1v) is 9.12. The monoisotopic (exact) mass is 433 g/mol. The summed E-state index contributed by atoms with van der Waals surface area (Å²) >= 11 is 18.4. The predicted molar refractivity (Wildman–Crippen MR) is 111 cm³/mol. The Kier molecular flexibility index (Phi) is 8.02. The van der Waals surface area contributed by atoms with Crippen LogP contribution in [0.5, 0.6) is 0 Å². The van der Waals surface area contributed by atoms with Crippen molar-refractivity contribution in [3.05, 3.63) is 63.1 Å². The van der Waals surface area contributed by atoms with Gasteiger partial charge in [0.05, 0.1) is 22.3 Å². The minimum atomic E-state index is -0.149. The molecule has 8 heteroatoms. The van der Waals surface area contributed by atoms with Crippen LogP contribution in [0.4, 0.5) is 5.69 Å². The number of nitrogens with one attached hydrogen (secondary N) is 2. The lowest BCUT2D eigenvalue weighted by Gasteiger charge is -2.36. The van der Waals surface area contributed by atoms with Gasteiger partial charge in [-0.3, -0.25) is 9.69 Å². The first kappa shape index (κ1) is 21.3. The van der Waals surface area contributed by atoms with E-state index in [0.717, 1.165) is 25.2 Å². The number of carbonyl (C=O) groups excluding carboxylic acids is 1. The highest BCUT2D eigenvalue weighted by atomic mass is 35.5. The third-order valence-corrected chi connectivity index (χ3v) is 5.03. The lowest BCUT2D eigenvalue weighted by molar-refractivity contribution is -0.118. The van der Waals surface area contributed by atoms with Crippen LogP contribution in [0.15, 0.2) is 42.5 Å². The molecule has 0 saturated carbocycles. The lowest BCUT2D eigenvalue weighted by atomic mass is 10.0. The van der Waals surface area contributed by atoms with Gasteiger partial charge in [0.2, 0.25) is 5.91 Å². The van der Waals surface area contributed by atoms with Crippen molar-refractivity contribution in [1.82, 2.24) is 10.2 Å². The zero-order valence-electron chi connectivity index (χ0n) is 13.8. The van der Waals surface area contributed by atoms with Crippen LogP contribution in [0, 0.1) is 0 Å². The lowest BCUT2D eigenvalue weighted by Crippen LogP contribution is -2.48. The maximum atomic E-state index is 12.5. The first-order valence-electron chi connectivity index (χ1n) is 7.98. The molecule has 2 N–H and O–H groups in total. The van der Waals surface area contributed by atoms with Crippen LogP contribution in [-0.2, 0) is 4.79 Å². The predicted octanol–water partition coefficient (Wildman–Crippen LogP) is 4.65. The highest BCUT2D eigenvalue weighted by Crippen LogP contribution is 2.30. The highest BCUT2D eigenvalue weighted by molar-refractivity contribution is 6.39. The molecule has 0 bridgehead atoms. The zero-order valence-corrected chi connectivity index (χ0v) is 16.9. The van der Waals surface area contributed by atoms with Crippen molar-refractivity contribution in [3.63, 3.8) is 0 Å². The van der Waals surface area contributed by atoms with Gasteiger partial charge in [-0.25, -0.2) is 0 Å². The van der Waals surface area contributed by atoms with Crippen LogP contribution in [0.1, 0.15) is 11.6 Å². The number of benzene rings is 2. The number of halogens is 4. The molecule has 4 nitrogen and oxygen atoms in total. The fourth-order valence-corrected chi connectivity index (χ4v) is 3.65. The molecule has 1 aliphatic rings. The Morgan fingerprint density at radius 3 is 2.54 bits per heavy atom. The number of piperazine rings is 1. The van der Waals surface area contributed by atoms with Crippen LogP contribution >= 0.6 is 47.2 Å². The molecule has 0 aromatic heterocycles. The van der Waals surface area contributed by atoms with Crippen LogP contribution in [0.3, 0.4) is 0 Å². The fourth-order valence-electron chi connectivity index (χ4n) is 2.96. The van der Waals surface area contributed by atoms with E-state index in [1.165, 1.54) is 0 Å². The van der Waals surface area contributed by atoms with E-state index in [0.29, 0.717) is 20.8 Å². The van der Waals surface area contributed by atoms with E-state index in [4.69, 9.17) is 34.8 Å². The second kappa shape index (κ2) is 9.79. The second-order valence-corrected chi connectivity index (χ2v) is 7.14. The van der Waals surface area contributed by atoms with Crippen LogP contribution in [0.25, 0.3) is 0 Å². The van der Waals surface area contributed by atoms with Crippen molar-refractivity contribution in [2.45, 2.75) is 6.04 Å². The minimum Gasteiger partial charge on any atom is -0.322 e. The number of rotatable bonds is 4. The Balaban J connectivity index is 0.00000243. The molecule has 1 aliphatic heterocycles. The highest BCUT2D eigenvalue weighted by Gasteiger charge is 2.26. The molecule has 0 radical (unpaired) electrons. The summed E-state index contributed by atoms with van der Waals surface area (Å²) in [6.07, 6.45) is 0. The molecule has 1 unspecified atom stereocenters. The van der Waals surface area contributed by atoms with E-state index < -0.39 is 0 Å². The number of hydrogen-bond acceptors (Lipinski definition) is 3. The van der Waals surface area contributed by atoms with Gasteiger partial charge in [0.1, 0.15) is 0 Å². The molecule has 2 aromatic rings. The number of anilines is 1. The number of nitrogens with zero attached hydrogens (tertiary/aromatic N) is 1. The van der Waals surface area contributed by atoms with Crippen molar-refractivity contribution in [2.24, 2.45) is 0 Å². The molecule has 1 fully saturated rings. The summed E-state index contributed by atoms with van der Waals surface area (Å²) in [4.78, 5) is 14.6. The second-order valence-electron chi connectivity index (χ2n) is 5.89. The summed E-state index contributed by atoms with van der Waals surface area (Å²) in [6.45, 7) is 2.61. The van der Waals surface area contributed by atoms with Crippen molar-refractivity contribution < 1.29 is 4.79 Å². The van der Waals surface area contributed by atoms with Crippen molar-refractivity contribution in [1.29, 1.82) is 0 Å². The molecule has 1 heterocycles. The van der Waals surface area contributed by atoms with Gasteiger partial charge < -0.3 is 10.6 Å². The van der Waals surface area contributed by atoms with Gasteiger partial charge in [0.15, 0.2) is 0 Å². The molecule has 2 aromatic carbocycles. The third kappa shape index (κ3) is 5.26. The Morgan fingerprint density at radius 2 is 1.85 bits per heavy atom. The maximum Gasteiger partial charge on any atom is 0.238 e. The van der Waals surface area contributed by atoms with Gasteiger partial charge in [0.25, 0.3) is 0 Å². The number of hydrogen-bond donors (Lipinski definition) is 2. The summed E-state index contributed by atoms with van der Waals surface area (Å²) in [7, 11) is 0. The normalized spacial score (nSPS) is 17.4.